The molecule has 1 saturated carbocycles. The van der Waals surface area contributed by atoms with Gasteiger partial charge in [-0.15, -0.1) is 0 Å². The molecule has 236 valence electrons. The molecule has 0 atom stereocenters. The predicted molar refractivity (Wildman–Crippen MR) is 177 cm³/mol. The molecule has 0 spiro atoms. The lowest BCUT2D eigenvalue weighted by Crippen LogP contribution is -2.54. The van der Waals surface area contributed by atoms with E-state index in [4.69, 9.17) is 9.72 Å². The van der Waals surface area contributed by atoms with Gasteiger partial charge >= 0.3 is 5.97 Å². The standard InChI is InChI=1S/C37H39N5O4/c43-32(44)23-41-18-16-37(17-19-41,36-38-28-11-5-6-12-29(28)39-36)40-35(45)25-14-15-26-30(22-25)42-20-21-46-31-13-7-4-10-27(31)34(42)33(26)24-8-2-1-3-9-24/h4-7,10-15,22,24H,1-3,8-9,16-21,23H2,(H,38,39)(H,40,45)(H,43,44). The molecule has 8 rings (SSSR count). The number of hydrogen-bond acceptors (Lipinski definition) is 5. The molecule has 1 saturated heterocycles. The number of H-pyrrole nitrogens is 1. The Bertz CT molecular complexity index is 1910. The summed E-state index contributed by atoms with van der Waals surface area (Å²) < 4.78 is 8.60. The van der Waals surface area contributed by atoms with Gasteiger partial charge in [-0.25, -0.2) is 4.98 Å². The van der Waals surface area contributed by atoms with E-state index in [2.05, 4.69) is 45.2 Å². The van der Waals surface area contributed by atoms with Crippen LogP contribution in [0.5, 0.6) is 5.75 Å². The van der Waals surface area contributed by atoms with Crippen LogP contribution in [0.25, 0.3) is 33.2 Å². The fraction of sp³-hybridized carbons (Fsp3) is 0.378. The smallest absolute Gasteiger partial charge is 0.317 e. The first-order valence-corrected chi connectivity index (χ1v) is 16.6. The number of imidazole rings is 1. The minimum Gasteiger partial charge on any atom is -0.491 e. The van der Waals surface area contributed by atoms with E-state index in [0.717, 1.165) is 27.9 Å². The Kier molecular flexibility index (Phi) is 7.28. The number of fused-ring (bicyclic) bond motifs is 6. The maximum absolute atomic E-state index is 14.3. The van der Waals surface area contributed by atoms with Crippen molar-refractivity contribution >= 4 is 33.8 Å². The van der Waals surface area contributed by atoms with Gasteiger partial charge in [0.2, 0.25) is 0 Å². The zero-order valence-corrected chi connectivity index (χ0v) is 25.9. The molecule has 9 heteroatoms. The highest BCUT2D eigenvalue weighted by Gasteiger charge is 2.41. The second-order valence-electron chi connectivity index (χ2n) is 13.1. The minimum atomic E-state index is -0.847. The Labute approximate surface area is 267 Å². The first kappa shape index (κ1) is 28.8. The van der Waals surface area contributed by atoms with Crippen LogP contribution in [0, 0.1) is 0 Å². The van der Waals surface area contributed by atoms with Gasteiger partial charge in [0.25, 0.3) is 5.91 Å². The molecule has 5 aromatic rings. The summed E-state index contributed by atoms with van der Waals surface area (Å²) in [6.45, 7) is 2.34. The highest BCUT2D eigenvalue weighted by Crippen LogP contribution is 2.47. The third-order valence-corrected chi connectivity index (χ3v) is 10.4. The van der Waals surface area contributed by atoms with E-state index >= 15 is 0 Å². The molecule has 3 aromatic carbocycles. The molecule has 4 heterocycles. The number of amides is 1. The molecule has 0 unspecified atom stereocenters. The van der Waals surface area contributed by atoms with Gasteiger partial charge in [0, 0.05) is 35.1 Å². The number of carbonyl (C=O) groups excluding carboxylic acids is 1. The van der Waals surface area contributed by atoms with Crippen molar-refractivity contribution in [3.63, 3.8) is 0 Å². The zero-order chi connectivity index (χ0) is 31.3. The Morgan fingerprint density at radius 3 is 2.57 bits per heavy atom. The van der Waals surface area contributed by atoms with Crippen LogP contribution in [0.3, 0.4) is 0 Å². The predicted octanol–water partition coefficient (Wildman–Crippen LogP) is 6.43. The minimum absolute atomic E-state index is 0.0175. The number of nitrogens with one attached hydrogen (secondary N) is 2. The van der Waals surface area contributed by atoms with Gasteiger partial charge < -0.3 is 24.7 Å². The van der Waals surface area contributed by atoms with Gasteiger partial charge in [-0.2, -0.15) is 0 Å². The number of aliphatic carboxylic acids is 1. The van der Waals surface area contributed by atoms with Gasteiger partial charge in [-0.05, 0) is 73.6 Å². The summed E-state index contributed by atoms with van der Waals surface area (Å²) in [5.41, 5.74) is 6.42. The number of carboxylic acids is 1. The van der Waals surface area contributed by atoms with Gasteiger partial charge in [-0.1, -0.05) is 49.6 Å². The molecule has 3 N–H and O–H groups in total. The van der Waals surface area contributed by atoms with Crippen molar-refractivity contribution < 1.29 is 19.4 Å². The molecular formula is C37H39N5O4. The van der Waals surface area contributed by atoms with Crippen LogP contribution in [0.1, 0.15) is 72.6 Å². The number of piperidine rings is 1. The van der Waals surface area contributed by atoms with Crippen LogP contribution < -0.4 is 10.1 Å². The third-order valence-electron chi connectivity index (χ3n) is 10.4. The fourth-order valence-electron chi connectivity index (χ4n) is 8.05. The monoisotopic (exact) mass is 617 g/mol. The molecule has 2 aliphatic heterocycles. The molecule has 2 fully saturated rings. The van der Waals surface area contributed by atoms with E-state index in [9.17, 15) is 14.7 Å². The highest BCUT2D eigenvalue weighted by molar-refractivity contribution is 6.01. The van der Waals surface area contributed by atoms with Crippen molar-refractivity contribution in [3.8, 4) is 17.0 Å². The number of benzene rings is 3. The number of rotatable bonds is 6. The summed E-state index contributed by atoms with van der Waals surface area (Å²) in [5.74, 6) is 1.10. The van der Waals surface area contributed by atoms with Gasteiger partial charge in [0.05, 0.1) is 29.8 Å². The van der Waals surface area contributed by atoms with Crippen molar-refractivity contribution in [2.24, 2.45) is 0 Å². The summed E-state index contributed by atoms with van der Waals surface area (Å²) in [7, 11) is 0. The molecule has 1 aliphatic carbocycles. The van der Waals surface area contributed by atoms with Gasteiger partial charge in [0.15, 0.2) is 0 Å². The second kappa shape index (κ2) is 11.6. The summed E-state index contributed by atoms with van der Waals surface area (Å²) in [4.78, 5) is 36.0. The van der Waals surface area contributed by atoms with E-state index in [1.54, 1.807) is 0 Å². The molecule has 2 aromatic heterocycles. The van der Waals surface area contributed by atoms with Crippen molar-refractivity contribution in [2.75, 3.05) is 26.2 Å². The largest absolute Gasteiger partial charge is 0.491 e. The Hall–Kier alpha value is -4.63. The molecule has 0 bridgehead atoms. The molecular weight excluding hydrogens is 578 g/mol. The quantitative estimate of drug-likeness (QED) is 0.203. The number of hydrogen-bond donors (Lipinski definition) is 3. The van der Waals surface area contributed by atoms with Crippen LogP contribution >= 0.6 is 0 Å². The lowest BCUT2D eigenvalue weighted by Gasteiger charge is -2.40. The van der Waals surface area contributed by atoms with E-state index in [0.29, 0.717) is 56.4 Å². The molecule has 46 heavy (non-hydrogen) atoms. The SMILES string of the molecule is O=C(O)CN1CCC(NC(=O)c2ccc3c(C4CCCCC4)c4n(c3c2)CCOc2ccccc2-4)(c2nc3ccccc3[nH]2)CC1. The summed E-state index contributed by atoms with van der Waals surface area (Å²) in [6.07, 6.45) is 7.22. The fourth-order valence-corrected chi connectivity index (χ4v) is 8.05. The highest BCUT2D eigenvalue weighted by atomic mass is 16.5. The summed E-state index contributed by atoms with van der Waals surface area (Å²) in [6, 6.07) is 22.4. The van der Waals surface area contributed by atoms with Crippen molar-refractivity contribution in [3.05, 3.63) is 83.7 Å². The number of aromatic nitrogens is 3. The normalized spacial score (nSPS) is 18.4. The maximum atomic E-state index is 14.3. The molecule has 0 radical (unpaired) electrons. The number of carbonyl (C=O) groups is 2. The zero-order valence-electron chi connectivity index (χ0n) is 25.9. The van der Waals surface area contributed by atoms with Crippen LogP contribution in [-0.2, 0) is 16.9 Å². The van der Waals surface area contributed by atoms with E-state index in [1.165, 1.54) is 48.7 Å². The van der Waals surface area contributed by atoms with Crippen LogP contribution in [0.15, 0.2) is 66.7 Å². The van der Waals surface area contributed by atoms with Crippen molar-refractivity contribution in [1.82, 2.24) is 24.8 Å². The average molecular weight is 618 g/mol. The van der Waals surface area contributed by atoms with Gasteiger partial charge in [0.1, 0.15) is 23.7 Å². The average Bonchev–Trinajstić information content (AvgIpc) is 3.60. The van der Waals surface area contributed by atoms with Crippen molar-refractivity contribution in [2.45, 2.75) is 62.9 Å². The summed E-state index contributed by atoms with van der Waals surface area (Å²) in [5, 5.41) is 14.0. The van der Waals surface area contributed by atoms with Crippen LogP contribution in [0.4, 0.5) is 0 Å². The van der Waals surface area contributed by atoms with E-state index < -0.39 is 11.5 Å². The molecule has 1 amide bonds. The van der Waals surface area contributed by atoms with Crippen LogP contribution in [0.2, 0.25) is 0 Å². The topological polar surface area (TPSA) is 112 Å². The Balaban J connectivity index is 1.19. The number of nitrogens with zero attached hydrogens (tertiary/aromatic N) is 3. The van der Waals surface area contributed by atoms with Crippen molar-refractivity contribution in [1.29, 1.82) is 0 Å². The first-order valence-electron chi connectivity index (χ1n) is 16.6. The number of para-hydroxylation sites is 3. The molecule has 3 aliphatic rings. The second-order valence-corrected chi connectivity index (χ2v) is 13.1. The number of ether oxygens (including phenoxy) is 1. The van der Waals surface area contributed by atoms with Gasteiger partial charge in [-0.3, -0.25) is 14.5 Å². The number of aromatic amines is 1. The Morgan fingerprint density at radius 2 is 1.76 bits per heavy atom. The van der Waals surface area contributed by atoms with E-state index in [-0.39, 0.29) is 12.5 Å². The number of likely N-dealkylation sites (tertiary alicyclic amines) is 1. The first-order chi connectivity index (χ1) is 22.5. The molecule has 9 nitrogen and oxygen atoms in total. The lowest BCUT2D eigenvalue weighted by atomic mass is 9.81. The maximum Gasteiger partial charge on any atom is 0.317 e. The van der Waals surface area contributed by atoms with Crippen LogP contribution in [-0.4, -0.2) is 62.7 Å². The summed E-state index contributed by atoms with van der Waals surface area (Å²) >= 11 is 0. The third kappa shape index (κ3) is 5.03. The number of carboxylic acid groups (broad SMARTS) is 1. The van der Waals surface area contributed by atoms with E-state index in [1.807, 2.05) is 41.3 Å². The lowest BCUT2D eigenvalue weighted by molar-refractivity contribution is -0.138. The Morgan fingerprint density at radius 1 is 0.978 bits per heavy atom.